The SMILES string of the molecule is COc1ccc(CN(Cc2ccc(OC)cc2)S(=O)(=O)c2ccn(CCCCCO)n2)cc1. The van der Waals surface area contributed by atoms with E-state index in [1.807, 2.05) is 48.5 Å². The van der Waals surface area contributed by atoms with Crippen LogP contribution in [0.15, 0.2) is 65.8 Å². The van der Waals surface area contributed by atoms with Gasteiger partial charge in [-0.2, -0.15) is 9.40 Å². The zero-order chi connectivity index (χ0) is 23.7. The first-order valence-electron chi connectivity index (χ1n) is 10.9. The predicted octanol–water partition coefficient (Wildman–Crippen LogP) is 3.45. The minimum absolute atomic E-state index is 0.0201. The van der Waals surface area contributed by atoms with E-state index in [1.165, 1.54) is 10.4 Å². The number of ether oxygens (including phenoxy) is 2. The minimum Gasteiger partial charge on any atom is -0.497 e. The number of hydrogen-bond donors (Lipinski definition) is 1. The summed E-state index contributed by atoms with van der Waals surface area (Å²) in [5.41, 5.74) is 1.69. The highest BCUT2D eigenvalue weighted by molar-refractivity contribution is 7.89. The van der Waals surface area contributed by atoms with Gasteiger partial charge in [-0.05, 0) is 60.7 Å². The van der Waals surface area contributed by atoms with Gasteiger partial charge in [0.25, 0.3) is 10.0 Å². The Labute approximate surface area is 195 Å². The van der Waals surface area contributed by atoms with Crippen LogP contribution in [0.4, 0.5) is 0 Å². The topological polar surface area (TPSA) is 93.9 Å². The number of aromatic nitrogens is 2. The van der Waals surface area contributed by atoms with E-state index >= 15 is 0 Å². The van der Waals surface area contributed by atoms with Crippen molar-refractivity contribution in [3.63, 3.8) is 0 Å². The van der Waals surface area contributed by atoms with Crippen molar-refractivity contribution in [2.24, 2.45) is 0 Å². The molecule has 0 saturated heterocycles. The van der Waals surface area contributed by atoms with Crippen LogP contribution in [0, 0.1) is 0 Å². The molecule has 0 aliphatic carbocycles. The molecule has 0 radical (unpaired) electrons. The molecule has 178 valence electrons. The molecule has 0 aliphatic heterocycles. The smallest absolute Gasteiger partial charge is 0.262 e. The van der Waals surface area contributed by atoms with Crippen LogP contribution in [-0.4, -0.2) is 48.4 Å². The van der Waals surface area contributed by atoms with Gasteiger partial charge in [-0.3, -0.25) is 4.68 Å². The summed E-state index contributed by atoms with van der Waals surface area (Å²) in [6.45, 7) is 1.15. The minimum atomic E-state index is -3.84. The Bertz CT molecular complexity index is 1050. The number of benzene rings is 2. The summed E-state index contributed by atoms with van der Waals surface area (Å²) >= 11 is 0. The van der Waals surface area contributed by atoms with Gasteiger partial charge in [0.15, 0.2) is 5.03 Å². The maximum absolute atomic E-state index is 13.5. The molecule has 0 saturated carbocycles. The number of rotatable bonds is 13. The van der Waals surface area contributed by atoms with Crippen LogP contribution in [-0.2, 0) is 29.7 Å². The lowest BCUT2D eigenvalue weighted by Gasteiger charge is -2.21. The highest BCUT2D eigenvalue weighted by Gasteiger charge is 2.27. The molecule has 1 aromatic heterocycles. The van der Waals surface area contributed by atoms with E-state index in [9.17, 15) is 8.42 Å². The molecule has 9 heteroatoms. The molecule has 0 unspecified atom stereocenters. The van der Waals surface area contributed by atoms with E-state index in [0.717, 1.165) is 30.4 Å². The average Bonchev–Trinajstić information content (AvgIpc) is 3.32. The second-order valence-corrected chi connectivity index (χ2v) is 9.56. The van der Waals surface area contributed by atoms with E-state index in [-0.39, 0.29) is 24.7 Å². The summed E-state index contributed by atoms with van der Waals surface area (Å²) in [5, 5.41) is 13.3. The quantitative estimate of drug-likeness (QED) is 0.382. The molecule has 8 nitrogen and oxygen atoms in total. The summed E-state index contributed by atoms with van der Waals surface area (Å²) in [6.07, 6.45) is 4.09. The first-order valence-corrected chi connectivity index (χ1v) is 12.3. The van der Waals surface area contributed by atoms with Crippen molar-refractivity contribution in [3.05, 3.63) is 71.9 Å². The van der Waals surface area contributed by atoms with Gasteiger partial charge in [-0.1, -0.05) is 24.3 Å². The van der Waals surface area contributed by atoms with Crippen LogP contribution in [0.25, 0.3) is 0 Å². The van der Waals surface area contributed by atoms with Crippen molar-refractivity contribution in [1.82, 2.24) is 14.1 Å². The number of hydrogen-bond acceptors (Lipinski definition) is 6. The molecule has 1 N–H and O–H groups in total. The Kier molecular flexibility index (Phi) is 8.87. The predicted molar refractivity (Wildman–Crippen MR) is 126 cm³/mol. The highest BCUT2D eigenvalue weighted by Crippen LogP contribution is 2.22. The van der Waals surface area contributed by atoms with Gasteiger partial charge in [0.2, 0.25) is 0 Å². The van der Waals surface area contributed by atoms with Gasteiger partial charge in [0, 0.05) is 32.4 Å². The third-order valence-corrected chi connectivity index (χ3v) is 6.99. The maximum atomic E-state index is 13.5. The van der Waals surface area contributed by atoms with Crippen LogP contribution < -0.4 is 9.47 Å². The zero-order valence-electron chi connectivity index (χ0n) is 19.1. The monoisotopic (exact) mass is 473 g/mol. The summed E-state index contributed by atoms with van der Waals surface area (Å²) in [7, 11) is -0.659. The molecule has 3 rings (SSSR count). The van der Waals surface area contributed by atoms with E-state index < -0.39 is 10.0 Å². The first kappa shape index (κ1) is 24.8. The molecule has 33 heavy (non-hydrogen) atoms. The first-order chi connectivity index (χ1) is 16.0. The molecule has 1 heterocycles. The molecular weight excluding hydrogens is 442 g/mol. The second-order valence-electron chi connectivity index (χ2n) is 7.67. The van der Waals surface area contributed by atoms with Crippen molar-refractivity contribution in [3.8, 4) is 11.5 Å². The maximum Gasteiger partial charge on any atom is 0.262 e. The Hall–Kier alpha value is -2.88. The fraction of sp³-hybridized carbons (Fsp3) is 0.375. The van der Waals surface area contributed by atoms with Gasteiger partial charge in [0.05, 0.1) is 14.2 Å². The van der Waals surface area contributed by atoms with Crippen molar-refractivity contribution >= 4 is 10.0 Å². The van der Waals surface area contributed by atoms with Gasteiger partial charge in [-0.25, -0.2) is 8.42 Å². The summed E-state index contributed by atoms with van der Waals surface area (Å²) in [6, 6.07) is 16.2. The van der Waals surface area contributed by atoms with Crippen LogP contribution in [0.2, 0.25) is 0 Å². The molecular formula is C24H31N3O5S. The van der Waals surface area contributed by atoms with Crippen LogP contribution in [0.5, 0.6) is 11.5 Å². The number of nitrogens with zero attached hydrogens (tertiary/aromatic N) is 3. The van der Waals surface area contributed by atoms with E-state index in [2.05, 4.69) is 5.10 Å². The largest absolute Gasteiger partial charge is 0.497 e. The second kappa shape index (κ2) is 11.8. The van der Waals surface area contributed by atoms with E-state index in [1.54, 1.807) is 25.1 Å². The molecule has 2 aromatic carbocycles. The van der Waals surface area contributed by atoms with Crippen molar-refractivity contribution in [2.45, 2.75) is 43.9 Å². The lowest BCUT2D eigenvalue weighted by atomic mass is 10.2. The van der Waals surface area contributed by atoms with Crippen LogP contribution in [0.3, 0.4) is 0 Å². The molecule has 0 fully saturated rings. The average molecular weight is 474 g/mol. The fourth-order valence-corrected chi connectivity index (χ4v) is 4.74. The van der Waals surface area contributed by atoms with Gasteiger partial charge in [0.1, 0.15) is 11.5 Å². The molecule has 0 amide bonds. The van der Waals surface area contributed by atoms with Crippen LogP contribution in [0.1, 0.15) is 30.4 Å². The van der Waals surface area contributed by atoms with E-state index in [4.69, 9.17) is 14.6 Å². The van der Waals surface area contributed by atoms with Crippen LogP contribution >= 0.6 is 0 Å². The van der Waals surface area contributed by atoms with Crippen molar-refractivity contribution in [2.75, 3.05) is 20.8 Å². The Morgan fingerprint density at radius 3 is 1.88 bits per heavy atom. The van der Waals surface area contributed by atoms with Crippen molar-refractivity contribution in [1.29, 1.82) is 0 Å². The highest BCUT2D eigenvalue weighted by atomic mass is 32.2. The number of unbranched alkanes of at least 4 members (excludes halogenated alkanes) is 2. The number of aliphatic hydroxyl groups is 1. The zero-order valence-corrected chi connectivity index (χ0v) is 19.9. The summed E-state index contributed by atoms with van der Waals surface area (Å²) in [4.78, 5) is 0. The standard InChI is InChI=1S/C24H31N3O5S/c1-31-22-10-6-20(7-11-22)18-27(19-21-8-12-23(32-2)13-9-21)33(29,30)24-14-16-26(25-24)15-4-3-5-17-28/h6-14,16,28H,3-5,15,17-19H2,1-2H3. The number of aliphatic hydroxyl groups excluding tert-OH is 1. The van der Waals surface area contributed by atoms with Gasteiger partial charge < -0.3 is 14.6 Å². The molecule has 0 atom stereocenters. The molecule has 3 aromatic rings. The Balaban J connectivity index is 1.83. The third-order valence-electron chi connectivity index (χ3n) is 5.30. The molecule has 0 aliphatic rings. The van der Waals surface area contributed by atoms with Crippen molar-refractivity contribution < 1.29 is 23.0 Å². The lowest BCUT2D eigenvalue weighted by molar-refractivity contribution is 0.281. The number of aryl methyl sites for hydroxylation is 1. The molecule has 0 spiro atoms. The lowest BCUT2D eigenvalue weighted by Crippen LogP contribution is -2.30. The molecule has 0 bridgehead atoms. The fourth-order valence-electron chi connectivity index (χ4n) is 3.39. The third kappa shape index (κ3) is 6.80. The normalized spacial score (nSPS) is 11.6. The number of sulfonamides is 1. The van der Waals surface area contributed by atoms with Gasteiger partial charge in [-0.15, -0.1) is 0 Å². The summed E-state index contributed by atoms with van der Waals surface area (Å²) in [5.74, 6) is 1.42. The number of methoxy groups -OCH3 is 2. The Morgan fingerprint density at radius 2 is 1.39 bits per heavy atom. The Morgan fingerprint density at radius 1 is 0.848 bits per heavy atom. The summed E-state index contributed by atoms with van der Waals surface area (Å²) < 4.78 is 40.6. The van der Waals surface area contributed by atoms with E-state index in [0.29, 0.717) is 18.0 Å². The van der Waals surface area contributed by atoms with Gasteiger partial charge >= 0.3 is 0 Å².